The van der Waals surface area contributed by atoms with Gasteiger partial charge in [0.05, 0.1) is 28.0 Å². The van der Waals surface area contributed by atoms with E-state index in [0.717, 1.165) is 24.7 Å². The highest BCUT2D eigenvalue weighted by molar-refractivity contribution is 6.13. The summed E-state index contributed by atoms with van der Waals surface area (Å²) in [5.41, 5.74) is 1.59. The number of para-hydroxylation sites is 1. The number of aromatic nitrogens is 1. The van der Waals surface area contributed by atoms with Gasteiger partial charge in [0.1, 0.15) is 0 Å². The van der Waals surface area contributed by atoms with Crippen molar-refractivity contribution in [3.8, 4) is 11.3 Å². The third kappa shape index (κ3) is 4.90. The molecule has 3 aromatic carbocycles. The molecule has 36 heavy (non-hydrogen) atoms. The molecule has 5 rings (SSSR count). The largest absolute Gasteiger partial charge is 0.418 e. The fourth-order valence-electron chi connectivity index (χ4n) is 4.45. The van der Waals surface area contributed by atoms with Crippen molar-refractivity contribution in [2.75, 3.05) is 43.4 Å². The number of carbonyl (C=O) groups is 1. The summed E-state index contributed by atoms with van der Waals surface area (Å²) in [5, 5.41) is 3.09. The number of hydrogen-bond donors (Lipinski definition) is 1. The maximum atomic E-state index is 14.1. The first kappa shape index (κ1) is 23.8. The zero-order valence-electron chi connectivity index (χ0n) is 19.7. The predicted octanol–water partition coefficient (Wildman–Crippen LogP) is 5.92. The number of anilines is 2. The van der Waals surface area contributed by atoms with Crippen molar-refractivity contribution < 1.29 is 18.0 Å². The highest BCUT2D eigenvalue weighted by atomic mass is 19.4. The van der Waals surface area contributed by atoms with Crippen LogP contribution in [-0.2, 0) is 6.18 Å². The van der Waals surface area contributed by atoms with Crippen molar-refractivity contribution in [1.29, 1.82) is 0 Å². The van der Waals surface area contributed by atoms with Gasteiger partial charge in [0.2, 0.25) is 0 Å². The molecule has 4 aromatic rings. The number of nitrogens with zero attached hydrogens (tertiary/aromatic N) is 3. The maximum absolute atomic E-state index is 14.1. The molecule has 0 aliphatic carbocycles. The summed E-state index contributed by atoms with van der Waals surface area (Å²) in [5.74, 6) is -0.622. The van der Waals surface area contributed by atoms with Crippen LogP contribution in [0.1, 0.15) is 15.9 Å². The van der Waals surface area contributed by atoms with Crippen molar-refractivity contribution >= 4 is 28.2 Å². The molecule has 0 saturated carbocycles. The zero-order valence-corrected chi connectivity index (χ0v) is 19.7. The lowest BCUT2D eigenvalue weighted by Gasteiger charge is -2.34. The maximum Gasteiger partial charge on any atom is 0.418 e. The second-order valence-electron chi connectivity index (χ2n) is 8.91. The molecule has 0 radical (unpaired) electrons. The molecule has 1 fully saturated rings. The van der Waals surface area contributed by atoms with Gasteiger partial charge < -0.3 is 15.1 Å². The lowest BCUT2D eigenvalue weighted by atomic mass is 10.0. The van der Waals surface area contributed by atoms with Crippen LogP contribution in [0.5, 0.6) is 0 Å². The van der Waals surface area contributed by atoms with Gasteiger partial charge in [0.15, 0.2) is 0 Å². The number of pyridine rings is 1. The summed E-state index contributed by atoms with van der Waals surface area (Å²) >= 11 is 0. The summed E-state index contributed by atoms with van der Waals surface area (Å²) in [7, 11) is 1.99. The molecule has 0 unspecified atom stereocenters. The van der Waals surface area contributed by atoms with Gasteiger partial charge in [0, 0.05) is 42.8 Å². The van der Waals surface area contributed by atoms with Crippen LogP contribution in [-0.4, -0.2) is 49.0 Å². The molecule has 184 valence electrons. The number of rotatable bonds is 4. The standard InChI is InChI=1S/C28H25F3N4O/c1-34-13-15-35(16-14-34)20-11-12-25(23(17-20)28(29,30)31)33-27(36)22-18-26(19-7-3-2-4-8-19)32-24-10-6-5-9-21(22)24/h2-12,17-18H,13-16H2,1H3,(H,33,36). The van der Waals surface area contributed by atoms with Crippen LogP contribution in [0.3, 0.4) is 0 Å². The number of alkyl halides is 3. The van der Waals surface area contributed by atoms with Crippen LogP contribution in [0.15, 0.2) is 78.9 Å². The average molecular weight is 491 g/mol. The highest BCUT2D eigenvalue weighted by Gasteiger charge is 2.35. The van der Waals surface area contributed by atoms with E-state index in [0.29, 0.717) is 35.4 Å². The van der Waals surface area contributed by atoms with Crippen molar-refractivity contribution in [3.63, 3.8) is 0 Å². The first-order valence-corrected chi connectivity index (χ1v) is 11.7. The molecule has 2 heterocycles. The number of piperazine rings is 1. The van der Waals surface area contributed by atoms with E-state index in [-0.39, 0.29) is 11.3 Å². The van der Waals surface area contributed by atoms with E-state index in [1.165, 1.54) is 6.07 Å². The van der Waals surface area contributed by atoms with Crippen molar-refractivity contribution in [1.82, 2.24) is 9.88 Å². The number of nitrogens with one attached hydrogen (secondary N) is 1. The Morgan fingerprint density at radius 2 is 1.58 bits per heavy atom. The number of halogens is 3. The third-order valence-corrected chi connectivity index (χ3v) is 6.46. The van der Waals surface area contributed by atoms with Crippen LogP contribution in [0.25, 0.3) is 22.2 Å². The number of carbonyl (C=O) groups excluding carboxylic acids is 1. The van der Waals surface area contributed by atoms with Crippen LogP contribution in [0.4, 0.5) is 24.5 Å². The quantitative estimate of drug-likeness (QED) is 0.386. The predicted molar refractivity (Wildman–Crippen MR) is 136 cm³/mol. The Hall–Kier alpha value is -3.91. The molecule has 0 bridgehead atoms. The summed E-state index contributed by atoms with van der Waals surface area (Å²) < 4.78 is 42.2. The van der Waals surface area contributed by atoms with Crippen LogP contribution < -0.4 is 10.2 Å². The second-order valence-corrected chi connectivity index (χ2v) is 8.91. The topological polar surface area (TPSA) is 48.5 Å². The minimum absolute atomic E-state index is 0.260. The second kappa shape index (κ2) is 9.62. The third-order valence-electron chi connectivity index (χ3n) is 6.46. The van der Waals surface area contributed by atoms with Gasteiger partial charge in [0.25, 0.3) is 5.91 Å². The van der Waals surface area contributed by atoms with Gasteiger partial charge >= 0.3 is 6.18 Å². The van der Waals surface area contributed by atoms with Crippen molar-refractivity contribution in [3.05, 3.63) is 90.0 Å². The Morgan fingerprint density at radius 3 is 2.31 bits per heavy atom. The summed E-state index contributed by atoms with van der Waals surface area (Å²) in [6, 6.07) is 22.2. The minimum atomic E-state index is -4.62. The van der Waals surface area contributed by atoms with Gasteiger partial charge in [-0.2, -0.15) is 13.2 Å². The number of amides is 1. The lowest BCUT2D eigenvalue weighted by molar-refractivity contribution is -0.136. The Kier molecular flexibility index (Phi) is 6.36. The van der Waals surface area contributed by atoms with E-state index >= 15 is 0 Å². The zero-order chi connectivity index (χ0) is 25.3. The van der Waals surface area contributed by atoms with Gasteiger partial charge in [-0.1, -0.05) is 48.5 Å². The monoisotopic (exact) mass is 490 g/mol. The normalized spacial score (nSPS) is 14.7. The smallest absolute Gasteiger partial charge is 0.369 e. The number of fused-ring (bicyclic) bond motifs is 1. The van der Waals surface area contributed by atoms with E-state index in [2.05, 4.69) is 15.2 Å². The van der Waals surface area contributed by atoms with E-state index in [1.807, 2.05) is 48.3 Å². The van der Waals surface area contributed by atoms with Gasteiger partial charge in [-0.3, -0.25) is 4.79 Å². The lowest BCUT2D eigenvalue weighted by Crippen LogP contribution is -2.44. The highest BCUT2D eigenvalue weighted by Crippen LogP contribution is 2.38. The molecule has 1 aromatic heterocycles. The molecule has 1 N–H and O–H groups in total. The first-order chi connectivity index (χ1) is 17.3. The van der Waals surface area contributed by atoms with Crippen LogP contribution >= 0.6 is 0 Å². The van der Waals surface area contributed by atoms with E-state index in [1.54, 1.807) is 30.3 Å². The van der Waals surface area contributed by atoms with Crippen molar-refractivity contribution in [2.24, 2.45) is 0 Å². The fraction of sp³-hybridized carbons (Fsp3) is 0.214. The first-order valence-electron chi connectivity index (χ1n) is 11.7. The van der Waals surface area contributed by atoms with Crippen LogP contribution in [0.2, 0.25) is 0 Å². The SMILES string of the molecule is CN1CCN(c2ccc(NC(=O)c3cc(-c4ccccc4)nc4ccccc34)c(C(F)(F)F)c2)CC1. The minimum Gasteiger partial charge on any atom is -0.369 e. The molecule has 1 aliphatic heterocycles. The number of benzene rings is 3. The molecule has 5 nitrogen and oxygen atoms in total. The Balaban J connectivity index is 1.52. The van der Waals surface area contributed by atoms with Crippen molar-refractivity contribution in [2.45, 2.75) is 6.18 Å². The Morgan fingerprint density at radius 1 is 0.889 bits per heavy atom. The Labute approximate surface area is 207 Å². The van der Waals surface area contributed by atoms with E-state index < -0.39 is 17.6 Å². The molecule has 1 saturated heterocycles. The molecular formula is C28H25F3N4O. The van der Waals surface area contributed by atoms with Gasteiger partial charge in [-0.25, -0.2) is 4.98 Å². The molecule has 0 atom stereocenters. The molecule has 1 aliphatic rings. The average Bonchev–Trinajstić information content (AvgIpc) is 2.88. The summed E-state index contributed by atoms with van der Waals surface area (Å²) in [6.45, 7) is 2.84. The van der Waals surface area contributed by atoms with Gasteiger partial charge in [-0.15, -0.1) is 0 Å². The summed E-state index contributed by atoms with van der Waals surface area (Å²) in [4.78, 5) is 22.1. The van der Waals surface area contributed by atoms with E-state index in [9.17, 15) is 18.0 Å². The fourth-order valence-corrected chi connectivity index (χ4v) is 4.45. The molecule has 0 spiro atoms. The molecular weight excluding hydrogens is 465 g/mol. The Bertz CT molecular complexity index is 1400. The number of hydrogen-bond acceptors (Lipinski definition) is 4. The van der Waals surface area contributed by atoms with E-state index in [4.69, 9.17) is 0 Å². The number of likely N-dealkylation sites (N-methyl/N-ethyl adjacent to an activating group) is 1. The van der Waals surface area contributed by atoms with Crippen LogP contribution in [0, 0.1) is 0 Å². The summed E-state index contributed by atoms with van der Waals surface area (Å²) in [6.07, 6.45) is -4.62. The molecule has 8 heteroatoms. The van der Waals surface area contributed by atoms with Gasteiger partial charge in [-0.05, 0) is 37.4 Å². The molecule has 1 amide bonds.